The van der Waals surface area contributed by atoms with Crippen LogP contribution in [0.1, 0.15) is 28.8 Å². The summed E-state index contributed by atoms with van der Waals surface area (Å²) in [7, 11) is 0. The number of aromatic carboxylic acids is 1. The first-order valence-corrected chi connectivity index (χ1v) is 8.71. The highest BCUT2D eigenvalue weighted by Gasteiger charge is 2.41. The molecule has 1 aliphatic heterocycles. The van der Waals surface area contributed by atoms with Gasteiger partial charge in [0, 0.05) is 19.3 Å². The van der Waals surface area contributed by atoms with Crippen molar-refractivity contribution in [1.29, 1.82) is 0 Å². The number of carboxylic acids is 1. The van der Waals surface area contributed by atoms with Crippen LogP contribution < -0.4 is 4.90 Å². The van der Waals surface area contributed by atoms with Crippen LogP contribution in [0, 0.1) is 12.8 Å². The first kappa shape index (κ1) is 17.6. The zero-order valence-electron chi connectivity index (χ0n) is 14.6. The van der Waals surface area contributed by atoms with Gasteiger partial charge in [-0.25, -0.2) is 9.78 Å². The summed E-state index contributed by atoms with van der Waals surface area (Å²) >= 11 is 0. The highest BCUT2D eigenvalue weighted by atomic mass is 19.4. The monoisotopic (exact) mass is 377 g/mol. The second-order valence-corrected chi connectivity index (χ2v) is 7.02. The number of alkyl halides is 3. The molecule has 0 radical (unpaired) electrons. The van der Waals surface area contributed by atoms with E-state index in [2.05, 4.69) is 4.98 Å². The van der Waals surface area contributed by atoms with Gasteiger partial charge < -0.3 is 14.4 Å². The van der Waals surface area contributed by atoms with Gasteiger partial charge in [-0.15, -0.1) is 0 Å². The molecule has 1 aliphatic rings. The van der Waals surface area contributed by atoms with Gasteiger partial charge in [0.1, 0.15) is 0 Å². The van der Waals surface area contributed by atoms with Crippen molar-refractivity contribution in [3.8, 4) is 0 Å². The number of hydrogen-bond acceptors (Lipinski definition) is 3. The Kier molecular flexibility index (Phi) is 4.01. The Morgan fingerprint density at radius 1 is 1.19 bits per heavy atom. The summed E-state index contributed by atoms with van der Waals surface area (Å²) in [6.45, 7) is 2.46. The number of piperidine rings is 1. The van der Waals surface area contributed by atoms with E-state index < -0.39 is 18.1 Å². The lowest BCUT2D eigenvalue weighted by atomic mass is 9.96. The minimum absolute atomic E-state index is 0.0320. The second kappa shape index (κ2) is 6.14. The molecular formula is C19H18F3N3O2. The molecule has 1 aromatic carbocycles. The zero-order valence-corrected chi connectivity index (χ0v) is 14.6. The average Bonchev–Trinajstić information content (AvgIpc) is 3.01. The number of carboxylic acid groups (broad SMARTS) is 1. The largest absolute Gasteiger partial charge is 0.478 e. The smallest absolute Gasteiger partial charge is 0.391 e. The van der Waals surface area contributed by atoms with E-state index in [1.807, 2.05) is 28.5 Å². The van der Waals surface area contributed by atoms with Gasteiger partial charge in [-0.3, -0.25) is 0 Å². The number of rotatable bonds is 2. The Bertz CT molecular complexity index is 1030. The SMILES string of the molecule is Cc1cc2c(N3CCC(C(F)(F)F)CC3)nc3cc(C(=O)O)ccc3n2c1. The quantitative estimate of drug-likeness (QED) is 0.725. The van der Waals surface area contributed by atoms with Gasteiger partial charge >= 0.3 is 12.1 Å². The van der Waals surface area contributed by atoms with Gasteiger partial charge in [0.05, 0.1) is 28.0 Å². The Morgan fingerprint density at radius 3 is 2.52 bits per heavy atom. The maximum atomic E-state index is 13.0. The Labute approximate surface area is 153 Å². The fraction of sp³-hybridized carbons (Fsp3) is 0.368. The van der Waals surface area contributed by atoms with Gasteiger partial charge in [0.25, 0.3) is 0 Å². The molecule has 4 rings (SSSR count). The molecule has 1 N–H and O–H groups in total. The third-order valence-corrected chi connectivity index (χ3v) is 5.15. The van der Waals surface area contributed by atoms with E-state index in [1.165, 1.54) is 12.1 Å². The molecule has 8 heteroatoms. The normalized spacial score (nSPS) is 16.4. The second-order valence-electron chi connectivity index (χ2n) is 7.02. The van der Waals surface area contributed by atoms with Crippen molar-refractivity contribution in [2.24, 2.45) is 5.92 Å². The maximum Gasteiger partial charge on any atom is 0.391 e. The lowest BCUT2D eigenvalue weighted by Gasteiger charge is -2.34. The molecule has 5 nitrogen and oxygen atoms in total. The van der Waals surface area contributed by atoms with Crippen molar-refractivity contribution in [1.82, 2.24) is 9.38 Å². The summed E-state index contributed by atoms with van der Waals surface area (Å²) in [6, 6.07) is 6.68. The number of benzene rings is 1. The summed E-state index contributed by atoms with van der Waals surface area (Å²) in [5.74, 6) is -1.73. The molecule has 1 fully saturated rings. The van der Waals surface area contributed by atoms with Crippen LogP contribution >= 0.6 is 0 Å². The van der Waals surface area contributed by atoms with Crippen molar-refractivity contribution in [3.05, 3.63) is 41.6 Å². The van der Waals surface area contributed by atoms with E-state index in [0.29, 0.717) is 11.3 Å². The molecule has 0 aliphatic carbocycles. The molecule has 2 aromatic heterocycles. The fourth-order valence-corrected chi connectivity index (χ4v) is 3.74. The van der Waals surface area contributed by atoms with E-state index in [0.717, 1.165) is 16.6 Å². The topological polar surface area (TPSA) is 57.8 Å². The molecule has 27 heavy (non-hydrogen) atoms. The number of anilines is 1. The van der Waals surface area contributed by atoms with E-state index >= 15 is 0 Å². The molecule has 1 saturated heterocycles. The number of aryl methyl sites for hydroxylation is 1. The molecule has 0 spiro atoms. The predicted octanol–water partition coefficient (Wildman–Crippen LogP) is 4.27. The van der Waals surface area contributed by atoms with Crippen LogP contribution in [-0.4, -0.2) is 39.7 Å². The number of halogens is 3. The number of hydrogen-bond donors (Lipinski definition) is 1. The number of nitrogens with zero attached hydrogens (tertiary/aromatic N) is 3. The first-order valence-electron chi connectivity index (χ1n) is 8.71. The van der Waals surface area contributed by atoms with Gasteiger partial charge in [-0.05, 0) is 49.6 Å². The molecule has 0 bridgehead atoms. The van der Waals surface area contributed by atoms with Crippen molar-refractivity contribution >= 4 is 28.3 Å². The van der Waals surface area contributed by atoms with Crippen LogP contribution in [0.5, 0.6) is 0 Å². The summed E-state index contributed by atoms with van der Waals surface area (Å²) in [4.78, 5) is 17.8. The van der Waals surface area contributed by atoms with E-state index in [4.69, 9.17) is 0 Å². The predicted molar refractivity (Wildman–Crippen MR) is 95.4 cm³/mol. The third-order valence-electron chi connectivity index (χ3n) is 5.15. The van der Waals surface area contributed by atoms with Crippen LogP contribution in [0.15, 0.2) is 30.5 Å². The summed E-state index contributed by atoms with van der Waals surface area (Å²) in [5, 5.41) is 9.23. The van der Waals surface area contributed by atoms with E-state index in [1.54, 1.807) is 6.07 Å². The minimum atomic E-state index is -4.17. The lowest BCUT2D eigenvalue weighted by molar-refractivity contribution is -0.179. The highest BCUT2D eigenvalue weighted by Crippen LogP contribution is 2.36. The Hall–Kier alpha value is -2.77. The van der Waals surface area contributed by atoms with Crippen molar-refractivity contribution in [2.45, 2.75) is 25.9 Å². The van der Waals surface area contributed by atoms with Crippen LogP contribution in [0.3, 0.4) is 0 Å². The van der Waals surface area contributed by atoms with Gasteiger partial charge in [0.2, 0.25) is 0 Å². The standard InChI is InChI=1S/C19H18F3N3O2/c1-11-8-16-17(24-6-4-13(5-7-24)19(20,21)22)23-14-9-12(18(26)27)2-3-15(14)25(16)10-11/h2-3,8-10,13H,4-7H2,1H3,(H,26,27). The zero-order chi connectivity index (χ0) is 19.3. The number of carbonyl (C=O) groups is 1. The van der Waals surface area contributed by atoms with Crippen molar-refractivity contribution < 1.29 is 23.1 Å². The Morgan fingerprint density at radius 2 is 1.89 bits per heavy atom. The molecular weight excluding hydrogens is 359 g/mol. The Balaban J connectivity index is 1.80. The van der Waals surface area contributed by atoms with E-state index in [-0.39, 0.29) is 31.5 Å². The number of aromatic nitrogens is 2. The lowest BCUT2D eigenvalue weighted by Crippen LogP contribution is -2.39. The van der Waals surface area contributed by atoms with Gasteiger partial charge in [-0.1, -0.05) is 0 Å². The molecule has 0 atom stereocenters. The molecule has 3 heterocycles. The summed E-state index contributed by atoms with van der Waals surface area (Å²) in [5.41, 5.74) is 3.20. The molecule has 0 amide bonds. The average molecular weight is 377 g/mol. The van der Waals surface area contributed by atoms with Crippen LogP contribution in [0.4, 0.5) is 19.0 Å². The summed E-state index contributed by atoms with van der Waals surface area (Å²) in [6.07, 6.45) is -2.18. The van der Waals surface area contributed by atoms with Crippen molar-refractivity contribution in [3.63, 3.8) is 0 Å². The summed E-state index contributed by atoms with van der Waals surface area (Å²) < 4.78 is 40.8. The molecule has 3 aromatic rings. The maximum absolute atomic E-state index is 13.0. The highest BCUT2D eigenvalue weighted by molar-refractivity contribution is 5.94. The van der Waals surface area contributed by atoms with Crippen LogP contribution in [-0.2, 0) is 0 Å². The van der Waals surface area contributed by atoms with E-state index in [9.17, 15) is 23.1 Å². The van der Waals surface area contributed by atoms with Crippen molar-refractivity contribution in [2.75, 3.05) is 18.0 Å². The van der Waals surface area contributed by atoms with Crippen LogP contribution in [0.2, 0.25) is 0 Å². The fourth-order valence-electron chi connectivity index (χ4n) is 3.74. The molecule has 0 saturated carbocycles. The first-order chi connectivity index (χ1) is 12.7. The molecule has 0 unspecified atom stereocenters. The van der Waals surface area contributed by atoms with Gasteiger partial charge in [0.15, 0.2) is 5.82 Å². The van der Waals surface area contributed by atoms with Gasteiger partial charge in [-0.2, -0.15) is 13.2 Å². The number of fused-ring (bicyclic) bond motifs is 3. The minimum Gasteiger partial charge on any atom is -0.478 e. The third kappa shape index (κ3) is 3.09. The molecule has 142 valence electrons. The van der Waals surface area contributed by atoms with Crippen LogP contribution in [0.25, 0.3) is 16.6 Å².